The van der Waals surface area contributed by atoms with E-state index in [1.54, 1.807) is 4.57 Å². The molecule has 164 valence electrons. The van der Waals surface area contributed by atoms with Crippen molar-refractivity contribution in [3.05, 3.63) is 111 Å². The van der Waals surface area contributed by atoms with Gasteiger partial charge in [0, 0.05) is 12.6 Å². The van der Waals surface area contributed by atoms with Gasteiger partial charge >= 0.3 is 5.69 Å². The summed E-state index contributed by atoms with van der Waals surface area (Å²) in [4.78, 5) is 30.8. The van der Waals surface area contributed by atoms with Gasteiger partial charge in [-0.1, -0.05) is 54.6 Å². The summed E-state index contributed by atoms with van der Waals surface area (Å²) in [6.07, 6.45) is 2.87. The highest BCUT2D eigenvalue weighted by molar-refractivity contribution is 5.78. The van der Waals surface area contributed by atoms with Crippen molar-refractivity contribution in [1.82, 2.24) is 18.7 Å². The van der Waals surface area contributed by atoms with Crippen molar-refractivity contribution in [2.45, 2.75) is 38.4 Å². The number of aryl methyl sites for hydroxylation is 2. The Kier molecular flexibility index (Phi) is 4.72. The monoisotopic (exact) mass is 436 g/mol. The Morgan fingerprint density at radius 3 is 2.18 bits per heavy atom. The lowest BCUT2D eigenvalue weighted by Crippen LogP contribution is -2.28. The van der Waals surface area contributed by atoms with Crippen LogP contribution in [0.2, 0.25) is 0 Å². The third kappa shape index (κ3) is 3.48. The van der Waals surface area contributed by atoms with Gasteiger partial charge in [-0.05, 0) is 49.1 Å². The Balaban J connectivity index is 1.50. The highest BCUT2D eigenvalue weighted by Crippen LogP contribution is 2.36. The number of nitrogens with zero attached hydrogens (tertiary/aromatic N) is 4. The molecule has 5 aromatic rings. The zero-order valence-electron chi connectivity index (χ0n) is 18.2. The van der Waals surface area contributed by atoms with Crippen LogP contribution in [0.4, 0.5) is 0 Å². The summed E-state index contributed by atoms with van der Waals surface area (Å²) in [6, 6.07) is 26.0. The molecular weight excluding hydrogens is 412 g/mol. The maximum Gasteiger partial charge on any atom is 0.329 e. The fourth-order valence-corrected chi connectivity index (χ4v) is 4.73. The Bertz CT molecular complexity index is 1590. The van der Waals surface area contributed by atoms with Crippen LogP contribution in [0.3, 0.4) is 0 Å². The molecule has 6 rings (SSSR count). The van der Waals surface area contributed by atoms with Gasteiger partial charge in [-0.15, -0.1) is 0 Å². The predicted molar refractivity (Wildman–Crippen MR) is 130 cm³/mol. The molecule has 1 saturated carbocycles. The van der Waals surface area contributed by atoms with Gasteiger partial charge in [0.1, 0.15) is 5.82 Å². The zero-order valence-corrected chi connectivity index (χ0v) is 18.2. The number of hydrogen-bond donors (Lipinski definition) is 0. The van der Waals surface area contributed by atoms with Crippen LogP contribution in [-0.4, -0.2) is 18.7 Å². The molecule has 3 aromatic carbocycles. The lowest BCUT2D eigenvalue weighted by Gasteiger charge is -2.16. The van der Waals surface area contributed by atoms with E-state index >= 15 is 0 Å². The smallest absolute Gasteiger partial charge is 0.327 e. The van der Waals surface area contributed by atoms with E-state index in [1.165, 1.54) is 5.56 Å². The molecule has 6 heteroatoms. The molecule has 33 heavy (non-hydrogen) atoms. The van der Waals surface area contributed by atoms with Crippen LogP contribution in [0.15, 0.2) is 88.5 Å². The highest BCUT2D eigenvalue weighted by atomic mass is 16.2. The first kappa shape index (κ1) is 19.7. The molecule has 0 spiro atoms. The number of imidazole rings is 1. The number of benzene rings is 3. The molecule has 0 N–H and O–H groups in total. The van der Waals surface area contributed by atoms with E-state index in [-0.39, 0.29) is 23.8 Å². The first-order valence-corrected chi connectivity index (χ1v) is 11.4. The molecule has 2 heterocycles. The van der Waals surface area contributed by atoms with Gasteiger partial charge in [0.15, 0.2) is 0 Å². The molecule has 1 aliphatic rings. The lowest BCUT2D eigenvalue weighted by molar-refractivity contribution is 0.600. The number of rotatable bonds is 6. The van der Waals surface area contributed by atoms with Gasteiger partial charge < -0.3 is 4.57 Å². The van der Waals surface area contributed by atoms with Crippen LogP contribution in [0.25, 0.3) is 21.9 Å². The van der Waals surface area contributed by atoms with E-state index in [1.807, 2.05) is 71.3 Å². The average Bonchev–Trinajstić information content (AvgIpc) is 3.64. The first-order valence-electron chi connectivity index (χ1n) is 11.4. The summed E-state index contributed by atoms with van der Waals surface area (Å²) in [6.45, 7) is 0.928. The van der Waals surface area contributed by atoms with Crippen LogP contribution < -0.4 is 11.2 Å². The summed E-state index contributed by atoms with van der Waals surface area (Å²) in [5.74, 6) is 0.607. The molecule has 6 nitrogen and oxygen atoms in total. The highest BCUT2D eigenvalue weighted by Gasteiger charge is 2.29. The van der Waals surface area contributed by atoms with E-state index in [2.05, 4.69) is 21.7 Å². The van der Waals surface area contributed by atoms with Crippen molar-refractivity contribution < 1.29 is 0 Å². The molecule has 0 bridgehead atoms. The van der Waals surface area contributed by atoms with Gasteiger partial charge in [0.25, 0.3) is 5.56 Å². The van der Waals surface area contributed by atoms with Crippen LogP contribution in [0, 0.1) is 0 Å². The second-order valence-electron chi connectivity index (χ2n) is 8.70. The van der Waals surface area contributed by atoms with E-state index in [4.69, 9.17) is 0 Å². The second-order valence-corrected chi connectivity index (χ2v) is 8.70. The van der Waals surface area contributed by atoms with Gasteiger partial charge in [0.2, 0.25) is 0 Å². The van der Waals surface area contributed by atoms with E-state index < -0.39 is 0 Å². The molecule has 0 aliphatic heterocycles. The van der Waals surface area contributed by atoms with Crippen LogP contribution in [0.5, 0.6) is 0 Å². The molecule has 1 aliphatic carbocycles. The Morgan fingerprint density at radius 2 is 1.42 bits per heavy atom. The quantitative estimate of drug-likeness (QED) is 0.402. The minimum absolute atomic E-state index is 0.0317. The standard InChI is InChI=1S/C27H24N4O2/c32-26-21-10-4-5-11-22(21)29(17-16-19-8-2-1-3-9-19)25(28-26)18-30-23-12-6-7-13-24(23)31(27(30)33)20-14-15-20/h1-13,20H,14-18H2. The molecule has 1 fully saturated rings. The van der Waals surface area contributed by atoms with Gasteiger partial charge in [0.05, 0.1) is 28.5 Å². The minimum Gasteiger partial charge on any atom is -0.327 e. The SMILES string of the molecule is O=c1nc(Cn2c(=O)n(C3CC3)c3ccccc32)n(CCc2ccccc2)c2ccccc12. The molecule has 0 amide bonds. The van der Waals surface area contributed by atoms with Crippen molar-refractivity contribution in [3.8, 4) is 0 Å². The Hall–Kier alpha value is -3.93. The van der Waals surface area contributed by atoms with Crippen molar-refractivity contribution in [2.75, 3.05) is 0 Å². The van der Waals surface area contributed by atoms with Gasteiger partial charge in [-0.3, -0.25) is 13.9 Å². The molecule has 0 saturated heterocycles. The van der Waals surface area contributed by atoms with Crippen molar-refractivity contribution in [2.24, 2.45) is 0 Å². The largest absolute Gasteiger partial charge is 0.329 e. The summed E-state index contributed by atoms with van der Waals surface area (Å²) in [7, 11) is 0. The van der Waals surface area contributed by atoms with Crippen LogP contribution in [0.1, 0.15) is 30.3 Å². The molecule has 2 aromatic heterocycles. The third-order valence-electron chi connectivity index (χ3n) is 6.51. The normalized spacial score (nSPS) is 13.7. The maximum absolute atomic E-state index is 13.4. The van der Waals surface area contributed by atoms with Crippen LogP contribution in [-0.2, 0) is 19.5 Å². The molecular formula is C27H24N4O2. The van der Waals surface area contributed by atoms with E-state index in [9.17, 15) is 9.59 Å². The summed E-state index contributed by atoms with van der Waals surface area (Å²) in [5, 5.41) is 0.599. The van der Waals surface area contributed by atoms with E-state index in [0.29, 0.717) is 17.8 Å². The number of hydrogen-bond acceptors (Lipinski definition) is 3. The topological polar surface area (TPSA) is 61.8 Å². The summed E-state index contributed by atoms with van der Waals surface area (Å²) in [5.41, 5.74) is 3.61. The summed E-state index contributed by atoms with van der Waals surface area (Å²) >= 11 is 0. The zero-order chi connectivity index (χ0) is 22.4. The number of aromatic nitrogens is 4. The fraction of sp³-hybridized carbons (Fsp3) is 0.222. The number of para-hydroxylation sites is 3. The first-order chi connectivity index (χ1) is 16.2. The second kappa shape index (κ2) is 7.89. The Morgan fingerprint density at radius 1 is 0.758 bits per heavy atom. The number of fused-ring (bicyclic) bond motifs is 2. The summed E-state index contributed by atoms with van der Waals surface area (Å²) < 4.78 is 5.77. The van der Waals surface area contributed by atoms with Gasteiger partial charge in [-0.25, -0.2) is 4.79 Å². The average molecular weight is 437 g/mol. The third-order valence-corrected chi connectivity index (χ3v) is 6.51. The lowest BCUT2D eigenvalue weighted by atomic mass is 10.1. The fourth-order valence-electron chi connectivity index (χ4n) is 4.73. The molecule has 0 radical (unpaired) electrons. The Labute approximate surface area is 190 Å². The van der Waals surface area contributed by atoms with Crippen molar-refractivity contribution in [1.29, 1.82) is 0 Å². The predicted octanol–water partition coefficient (Wildman–Crippen LogP) is 4.14. The minimum atomic E-state index is -0.254. The molecule has 0 unspecified atom stereocenters. The maximum atomic E-state index is 13.4. The molecule has 0 atom stereocenters. The van der Waals surface area contributed by atoms with Gasteiger partial charge in [-0.2, -0.15) is 4.98 Å². The van der Waals surface area contributed by atoms with Crippen molar-refractivity contribution in [3.63, 3.8) is 0 Å². The van der Waals surface area contributed by atoms with E-state index in [0.717, 1.165) is 35.8 Å². The van der Waals surface area contributed by atoms with Crippen molar-refractivity contribution >= 4 is 21.9 Å². The van der Waals surface area contributed by atoms with Crippen LogP contribution >= 0.6 is 0 Å².